The SMILES string of the molecule is CC[C@@H](C(=O)N1CCC[C@](COc2ccc(Cl)cc2)(CC(N)=O)C1)c1ccccc1. The first-order valence-electron chi connectivity index (χ1n) is 10.4. The summed E-state index contributed by atoms with van der Waals surface area (Å²) < 4.78 is 6.00. The largest absolute Gasteiger partial charge is 0.493 e. The van der Waals surface area contributed by atoms with Crippen LogP contribution < -0.4 is 10.5 Å². The first kappa shape index (κ1) is 22.2. The Kier molecular flexibility index (Phi) is 7.38. The molecule has 0 spiro atoms. The van der Waals surface area contributed by atoms with Gasteiger partial charge in [0.05, 0.1) is 12.5 Å². The van der Waals surface area contributed by atoms with Crippen molar-refractivity contribution in [3.8, 4) is 5.75 Å². The normalized spacial score (nSPS) is 19.9. The van der Waals surface area contributed by atoms with Crippen LogP contribution in [0.5, 0.6) is 5.75 Å². The number of carbonyl (C=O) groups is 2. The van der Waals surface area contributed by atoms with Gasteiger partial charge in [-0.25, -0.2) is 0 Å². The van der Waals surface area contributed by atoms with Crippen molar-refractivity contribution in [1.82, 2.24) is 4.90 Å². The molecule has 2 aromatic rings. The number of amides is 2. The molecule has 1 aliphatic heterocycles. The first-order valence-corrected chi connectivity index (χ1v) is 10.8. The van der Waals surface area contributed by atoms with Crippen molar-refractivity contribution < 1.29 is 14.3 Å². The fourth-order valence-corrected chi connectivity index (χ4v) is 4.43. The highest BCUT2D eigenvalue weighted by atomic mass is 35.5. The van der Waals surface area contributed by atoms with Crippen LogP contribution in [0, 0.1) is 5.41 Å². The molecule has 1 heterocycles. The summed E-state index contributed by atoms with van der Waals surface area (Å²) in [6.45, 7) is 3.50. The molecule has 160 valence electrons. The van der Waals surface area contributed by atoms with Gasteiger partial charge in [0, 0.05) is 29.9 Å². The summed E-state index contributed by atoms with van der Waals surface area (Å²) in [6, 6.07) is 17.0. The predicted octanol–water partition coefficient (Wildman–Crippen LogP) is 4.40. The molecule has 0 aromatic heterocycles. The second-order valence-corrected chi connectivity index (χ2v) is 8.56. The van der Waals surface area contributed by atoms with E-state index in [4.69, 9.17) is 22.1 Å². The first-order chi connectivity index (χ1) is 14.4. The van der Waals surface area contributed by atoms with Crippen molar-refractivity contribution in [2.45, 2.75) is 38.5 Å². The standard InChI is InChI=1S/C24H29ClN2O3/c1-2-21(18-7-4-3-5-8-18)23(29)27-14-6-13-24(16-27,15-22(26)28)17-30-20-11-9-19(25)10-12-20/h3-5,7-12,21H,2,6,13-17H2,1H3,(H2,26,28)/t21-,24+/m1/s1. The predicted molar refractivity (Wildman–Crippen MR) is 118 cm³/mol. The quantitative estimate of drug-likeness (QED) is 0.677. The molecular weight excluding hydrogens is 400 g/mol. The topological polar surface area (TPSA) is 72.6 Å². The van der Waals surface area contributed by atoms with Gasteiger partial charge in [0.2, 0.25) is 11.8 Å². The van der Waals surface area contributed by atoms with Gasteiger partial charge in [-0.3, -0.25) is 9.59 Å². The summed E-state index contributed by atoms with van der Waals surface area (Å²) in [4.78, 5) is 27.1. The summed E-state index contributed by atoms with van der Waals surface area (Å²) in [5.41, 5.74) is 6.11. The third kappa shape index (κ3) is 5.54. The lowest BCUT2D eigenvalue weighted by Crippen LogP contribution is -2.51. The van der Waals surface area contributed by atoms with Crippen molar-refractivity contribution in [1.29, 1.82) is 0 Å². The Morgan fingerprint density at radius 2 is 1.87 bits per heavy atom. The minimum absolute atomic E-state index is 0.101. The van der Waals surface area contributed by atoms with Crippen molar-refractivity contribution in [3.63, 3.8) is 0 Å². The van der Waals surface area contributed by atoms with E-state index in [1.165, 1.54) is 0 Å². The number of nitrogens with two attached hydrogens (primary N) is 1. The van der Waals surface area contributed by atoms with Crippen molar-refractivity contribution in [2.24, 2.45) is 11.1 Å². The van der Waals surface area contributed by atoms with Crippen LogP contribution in [0.15, 0.2) is 54.6 Å². The van der Waals surface area contributed by atoms with E-state index in [0.29, 0.717) is 30.5 Å². The molecule has 0 aliphatic carbocycles. The molecule has 0 radical (unpaired) electrons. The molecule has 2 aromatic carbocycles. The number of piperidine rings is 1. The van der Waals surface area contributed by atoms with Crippen LogP contribution in [-0.4, -0.2) is 36.4 Å². The molecule has 1 fully saturated rings. The summed E-state index contributed by atoms with van der Waals surface area (Å²) in [6.07, 6.45) is 2.51. The lowest BCUT2D eigenvalue weighted by atomic mass is 9.77. The highest BCUT2D eigenvalue weighted by Crippen LogP contribution is 2.36. The number of halogens is 1. The van der Waals surface area contributed by atoms with Crippen LogP contribution in [-0.2, 0) is 9.59 Å². The van der Waals surface area contributed by atoms with Crippen molar-refractivity contribution >= 4 is 23.4 Å². The molecule has 5 nitrogen and oxygen atoms in total. The number of carbonyl (C=O) groups excluding carboxylic acids is 2. The van der Waals surface area contributed by atoms with Crippen molar-refractivity contribution in [3.05, 3.63) is 65.2 Å². The zero-order chi connectivity index (χ0) is 21.6. The van der Waals surface area contributed by atoms with Gasteiger partial charge in [0.15, 0.2) is 0 Å². The van der Waals surface area contributed by atoms with Crippen molar-refractivity contribution in [2.75, 3.05) is 19.7 Å². The van der Waals surface area contributed by atoms with E-state index in [0.717, 1.165) is 24.8 Å². The average Bonchev–Trinajstić information content (AvgIpc) is 2.74. The molecule has 6 heteroatoms. The van der Waals surface area contributed by atoms with Crippen LogP contribution in [0.4, 0.5) is 0 Å². The van der Waals surface area contributed by atoms with E-state index in [2.05, 4.69) is 0 Å². The molecule has 2 amide bonds. The average molecular weight is 429 g/mol. The molecule has 1 aliphatic rings. The maximum absolute atomic E-state index is 13.4. The number of primary amides is 1. The van der Waals surface area contributed by atoms with Gasteiger partial charge in [-0.1, -0.05) is 48.9 Å². The Bertz CT molecular complexity index is 857. The molecule has 2 atom stereocenters. The van der Waals surface area contributed by atoms with E-state index in [1.807, 2.05) is 42.2 Å². The summed E-state index contributed by atoms with van der Waals surface area (Å²) in [5, 5.41) is 0.634. The number of nitrogens with zero attached hydrogens (tertiary/aromatic N) is 1. The molecule has 0 bridgehead atoms. The monoisotopic (exact) mass is 428 g/mol. The lowest BCUT2D eigenvalue weighted by Gasteiger charge is -2.43. The molecule has 30 heavy (non-hydrogen) atoms. The highest BCUT2D eigenvalue weighted by molar-refractivity contribution is 6.30. The van der Waals surface area contributed by atoms with Crippen LogP contribution >= 0.6 is 11.6 Å². The minimum Gasteiger partial charge on any atom is -0.493 e. The number of benzene rings is 2. The zero-order valence-electron chi connectivity index (χ0n) is 17.4. The summed E-state index contributed by atoms with van der Waals surface area (Å²) in [5.74, 6) is 0.220. The van der Waals surface area contributed by atoms with Crippen LogP contribution in [0.2, 0.25) is 5.02 Å². The highest BCUT2D eigenvalue weighted by Gasteiger charge is 2.40. The Balaban J connectivity index is 1.76. The van der Waals surface area contributed by atoms with Gasteiger partial charge in [-0.15, -0.1) is 0 Å². The zero-order valence-corrected chi connectivity index (χ0v) is 18.1. The Morgan fingerprint density at radius 3 is 2.50 bits per heavy atom. The van der Waals surface area contributed by atoms with Gasteiger partial charge in [-0.05, 0) is 49.1 Å². The van der Waals surface area contributed by atoms with E-state index in [9.17, 15) is 9.59 Å². The maximum atomic E-state index is 13.4. The van der Waals surface area contributed by atoms with E-state index in [1.54, 1.807) is 24.3 Å². The Morgan fingerprint density at radius 1 is 1.17 bits per heavy atom. The molecule has 3 rings (SSSR count). The van der Waals surface area contributed by atoms with Gasteiger partial charge in [0.1, 0.15) is 5.75 Å². The molecule has 1 saturated heterocycles. The van der Waals surface area contributed by atoms with E-state index >= 15 is 0 Å². The Hall–Kier alpha value is -2.53. The van der Waals surface area contributed by atoms with Gasteiger partial charge in [-0.2, -0.15) is 0 Å². The van der Waals surface area contributed by atoms with E-state index in [-0.39, 0.29) is 24.2 Å². The number of hydrogen-bond acceptors (Lipinski definition) is 3. The van der Waals surface area contributed by atoms with Crippen LogP contribution in [0.3, 0.4) is 0 Å². The van der Waals surface area contributed by atoms with Gasteiger partial charge >= 0.3 is 0 Å². The van der Waals surface area contributed by atoms with Crippen LogP contribution in [0.25, 0.3) is 0 Å². The molecule has 0 saturated carbocycles. The second kappa shape index (κ2) is 9.98. The number of likely N-dealkylation sites (tertiary alicyclic amines) is 1. The molecular formula is C24H29ClN2O3. The lowest BCUT2D eigenvalue weighted by molar-refractivity contribution is -0.139. The van der Waals surface area contributed by atoms with Crippen LogP contribution in [0.1, 0.15) is 44.1 Å². The van der Waals surface area contributed by atoms with Gasteiger partial charge in [0.25, 0.3) is 0 Å². The third-order valence-corrected chi connectivity index (χ3v) is 6.04. The van der Waals surface area contributed by atoms with Gasteiger partial charge < -0.3 is 15.4 Å². The smallest absolute Gasteiger partial charge is 0.230 e. The third-order valence-electron chi connectivity index (χ3n) is 5.79. The number of rotatable bonds is 8. The fraction of sp³-hybridized carbons (Fsp3) is 0.417. The Labute approximate surface area is 183 Å². The fourth-order valence-electron chi connectivity index (χ4n) is 4.30. The number of hydrogen-bond donors (Lipinski definition) is 1. The maximum Gasteiger partial charge on any atom is 0.230 e. The molecule has 2 N–H and O–H groups in total. The molecule has 0 unspecified atom stereocenters. The van der Waals surface area contributed by atoms with E-state index < -0.39 is 5.41 Å². The summed E-state index contributed by atoms with van der Waals surface area (Å²) in [7, 11) is 0. The summed E-state index contributed by atoms with van der Waals surface area (Å²) >= 11 is 5.94. The second-order valence-electron chi connectivity index (χ2n) is 8.12. The number of ether oxygens (including phenoxy) is 1. The minimum atomic E-state index is -0.492.